The Kier molecular flexibility index (Phi) is 5.48. The molecule has 0 spiro atoms. The lowest BCUT2D eigenvalue weighted by molar-refractivity contribution is -0.116. The zero-order valence-electron chi connectivity index (χ0n) is 11.9. The van der Waals surface area contributed by atoms with Crippen molar-refractivity contribution in [3.63, 3.8) is 0 Å². The molecule has 0 bridgehead atoms. The van der Waals surface area contributed by atoms with Crippen molar-refractivity contribution in [1.82, 2.24) is 10.6 Å². The minimum absolute atomic E-state index is 0.180. The first-order valence-electron chi connectivity index (χ1n) is 6.86. The van der Waals surface area contributed by atoms with E-state index < -0.39 is 0 Å². The Bertz CT molecular complexity index is 749. The Balaban J connectivity index is 1.98. The van der Waals surface area contributed by atoms with E-state index >= 15 is 0 Å². The van der Waals surface area contributed by atoms with Crippen LogP contribution in [0.2, 0.25) is 0 Å². The molecular weight excluding hydrogens is 284 g/mol. The summed E-state index contributed by atoms with van der Waals surface area (Å²) < 4.78 is 5.36. The molecule has 0 unspecified atom stereocenters. The number of rotatable bonds is 7. The molecule has 0 saturated heterocycles. The molecule has 2 rings (SSSR count). The van der Waals surface area contributed by atoms with Gasteiger partial charge in [-0.15, -0.1) is 0 Å². The van der Waals surface area contributed by atoms with E-state index in [1.54, 1.807) is 24.3 Å². The van der Waals surface area contributed by atoms with E-state index in [0.717, 1.165) is 0 Å². The van der Waals surface area contributed by atoms with Crippen molar-refractivity contribution < 1.29 is 14.0 Å². The molecule has 0 aliphatic rings. The second-order valence-electron chi connectivity index (χ2n) is 4.57. The molecule has 1 aromatic carbocycles. The molecule has 1 heterocycles. The van der Waals surface area contributed by atoms with E-state index in [1.807, 2.05) is 0 Å². The Labute approximate surface area is 126 Å². The summed E-state index contributed by atoms with van der Waals surface area (Å²) in [5.74, 6) is -0.307. The number of nitrogens with one attached hydrogen (secondary N) is 2. The number of fused-ring (bicyclic) bond motifs is 1. The molecule has 2 aromatic rings. The lowest BCUT2D eigenvalue weighted by atomic mass is 10.1. The Morgan fingerprint density at radius 1 is 1.23 bits per heavy atom. The Hall–Kier alpha value is -2.89. The van der Waals surface area contributed by atoms with Crippen LogP contribution in [-0.4, -0.2) is 25.4 Å². The van der Waals surface area contributed by atoms with E-state index in [0.29, 0.717) is 42.5 Å². The van der Waals surface area contributed by atoms with Crippen LogP contribution in [0, 0.1) is 0 Å². The van der Waals surface area contributed by atoms with Crippen LogP contribution in [0.1, 0.15) is 12.0 Å². The smallest absolute Gasteiger partial charge is 0.244 e. The van der Waals surface area contributed by atoms with E-state index in [4.69, 9.17) is 4.42 Å². The highest BCUT2D eigenvalue weighted by Gasteiger charge is 2.04. The molecule has 0 radical (unpaired) electrons. The molecule has 6 nitrogen and oxygen atoms in total. The first-order valence-corrected chi connectivity index (χ1v) is 6.86. The second kappa shape index (κ2) is 7.78. The number of carbonyl (C=O) groups is 2. The van der Waals surface area contributed by atoms with E-state index in [-0.39, 0.29) is 11.3 Å². The maximum Gasteiger partial charge on any atom is 0.244 e. The highest BCUT2D eigenvalue weighted by molar-refractivity contribution is 5.92. The average Bonchev–Trinajstić information content (AvgIpc) is 2.54. The standard InChI is InChI=1S/C16H16N2O4/c19-11-17-8-3-9-18-15(20)7-6-12-10-22-14-5-2-1-4-13(14)16(12)21/h1-2,4-7,10-11H,3,8-9H2,(H,17,19)(H,18,20)/b7-6+. The molecule has 0 aliphatic carbocycles. The predicted molar refractivity (Wildman–Crippen MR) is 83.2 cm³/mol. The van der Waals surface area contributed by atoms with Gasteiger partial charge in [0.05, 0.1) is 10.9 Å². The highest BCUT2D eigenvalue weighted by atomic mass is 16.3. The molecule has 0 fully saturated rings. The molecule has 0 atom stereocenters. The number of hydrogen-bond acceptors (Lipinski definition) is 4. The lowest BCUT2D eigenvalue weighted by Crippen LogP contribution is -2.25. The van der Waals surface area contributed by atoms with Gasteiger partial charge in [0.25, 0.3) is 0 Å². The van der Waals surface area contributed by atoms with Gasteiger partial charge in [-0.05, 0) is 24.6 Å². The highest BCUT2D eigenvalue weighted by Crippen LogP contribution is 2.10. The van der Waals surface area contributed by atoms with Crippen molar-refractivity contribution >= 4 is 29.4 Å². The minimum atomic E-state index is -0.307. The van der Waals surface area contributed by atoms with Crippen molar-refractivity contribution in [2.45, 2.75) is 6.42 Å². The van der Waals surface area contributed by atoms with Gasteiger partial charge in [-0.1, -0.05) is 12.1 Å². The zero-order valence-corrected chi connectivity index (χ0v) is 11.9. The SMILES string of the molecule is O=CNCCCNC(=O)/C=C/c1coc2ccccc2c1=O. The van der Waals surface area contributed by atoms with Crippen molar-refractivity contribution in [2.24, 2.45) is 0 Å². The summed E-state index contributed by atoms with van der Waals surface area (Å²) in [5.41, 5.74) is 0.648. The topological polar surface area (TPSA) is 88.4 Å². The molecule has 2 amide bonds. The fourth-order valence-corrected chi connectivity index (χ4v) is 1.89. The summed E-state index contributed by atoms with van der Waals surface area (Å²) in [6.45, 7) is 0.943. The maximum absolute atomic E-state index is 12.2. The molecule has 114 valence electrons. The number of benzene rings is 1. The summed E-state index contributed by atoms with van der Waals surface area (Å²) in [6, 6.07) is 6.93. The third-order valence-electron chi connectivity index (χ3n) is 3.00. The molecule has 6 heteroatoms. The van der Waals surface area contributed by atoms with Gasteiger partial charge in [-0.3, -0.25) is 14.4 Å². The van der Waals surface area contributed by atoms with Gasteiger partial charge >= 0.3 is 0 Å². The Morgan fingerprint density at radius 2 is 2.05 bits per heavy atom. The van der Waals surface area contributed by atoms with E-state index in [1.165, 1.54) is 18.4 Å². The van der Waals surface area contributed by atoms with Gasteiger partial charge in [-0.25, -0.2) is 0 Å². The van der Waals surface area contributed by atoms with Crippen molar-refractivity contribution in [3.05, 3.63) is 52.4 Å². The molecular formula is C16H16N2O4. The average molecular weight is 300 g/mol. The van der Waals surface area contributed by atoms with Crippen LogP contribution in [0.5, 0.6) is 0 Å². The lowest BCUT2D eigenvalue weighted by Gasteiger charge is -2.01. The zero-order chi connectivity index (χ0) is 15.8. The molecule has 0 aliphatic heterocycles. The van der Waals surface area contributed by atoms with Gasteiger partial charge in [0.15, 0.2) is 5.43 Å². The predicted octanol–water partition coefficient (Wildman–Crippen LogP) is 1.06. The van der Waals surface area contributed by atoms with Gasteiger partial charge in [-0.2, -0.15) is 0 Å². The third-order valence-corrected chi connectivity index (χ3v) is 3.00. The number of amides is 2. The van der Waals surface area contributed by atoms with Crippen LogP contribution < -0.4 is 16.1 Å². The first-order chi connectivity index (χ1) is 10.7. The van der Waals surface area contributed by atoms with E-state index in [9.17, 15) is 14.4 Å². The normalized spacial score (nSPS) is 10.7. The van der Waals surface area contributed by atoms with Crippen LogP contribution in [-0.2, 0) is 9.59 Å². The quantitative estimate of drug-likeness (QED) is 0.454. The van der Waals surface area contributed by atoms with Crippen LogP contribution >= 0.6 is 0 Å². The van der Waals surface area contributed by atoms with Gasteiger partial charge < -0.3 is 15.1 Å². The fraction of sp³-hybridized carbons (Fsp3) is 0.188. The summed E-state index contributed by atoms with van der Waals surface area (Å²) in [6.07, 6.45) is 5.30. The monoisotopic (exact) mass is 300 g/mol. The number of para-hydroxylation sites is 1. The summed E-state index contributed by atoms with van der Waals surface area (Å²) in [4.78, 5) is 33.8. The van der Waals surface area contributed by atoms with Crippen molar-refractivity contribution in [3.8, 4) is 0 Å². The van der Waals surface area contributed by atoms with Crippen LogP contribution in [0.4, 0.5) is 0 Å². The van der Waals surface area contributed by atoms with Gasteiger partial charge in [0.1, 0.15) is 11.8 Å². The molecule has 1 aromatic heterocycles. The number of hydrogen-bond donors (Lipinski definition) is 2. The van der Waals surface area contributed by atoms with Crippen LogP contribution in [0.15, 0.2) is 45.8 Å². The summed E-state index contributed by atoms with van der Waals surface area (Å²) in [5, 5.41) is 5.63. The first kappa shape index (κ1) is 15.5. The third kappa shape index (κ3) is 4.05. The van der Waals surface area contributed by atoms with E-state index in [2.05, 4.69) is 10.6 Å². The summed E-state index contributed by atoms with van der Waals surface area (Å²) >= 11 is 0. The second-order valence-corrected chi connectivity index (χ2v) is 4.57. The minimum Gasteiger partial charge on any atom is -0.463 e. The van der Waals surface area contributed by atoms with Crippen LogP contribution in [0.3, 0.4) is 0 Å². The molecule has 22 heavy (non-hydrogen) atoms. The van der Waals surface area contributed by atoms with Gasteiger partial charge in [0.2, 0.25) is 12.3 Å². The maximum atomic E-state index is 12.2. The van der Waals surface area contributed by atoms with Crippen LogP contribution in [0.25, 0.3) is 17.0 Å². The fourth-order valence-electron chi connectivity index (χ4n) is 1.89. The molecule has 2 N–H and O–H groups in total. The Morgan fingerprint density at radius 3 is 2.86 bits per heavy atom. The van der Waals surface area contributed by atoms with Crippen molar-refractivity contribution in [2.75, 3.05) is 13.1 Å². The van der Waals surface area contributed by atoms with Crippen molar-refractivity contribution in [1.29, 1.82) is 0 Å². The van der Waals surface area contributed by atoms with Gasteiger partial charge in [0, 0.05) is 19.2 Å². The summed E-state index contributed by atoms with van der Waals surface area (Å²) in [7, 11) is 0. The largest absolute Gasteiger partial charge is 0.463 e. The molecule has 0 saturated carbocycles. The number of carbonyl (C=O) groups excluding carboxylic acids is 2.